The molecule has 0 spiro atoms. The number of para-hydroxylation sites is 3. The van der Waals surface area contributed by atoms with E-state index in [2.05, 4.69) is 123 Å². The van der Waals surface area contributed by atoms with E-state index in [1.54, 1.807) is 0 Å². The number of furan rings is 1. The third kappa shape index (κ3) is 3.75. The first-order valence-electron chi connectivity index (χ1n) is 17.2. The van der Waals surface area contributed by atoms with Gasteiger partial charge >= 0.3 is 0 Å². The van der Waals surface area contributed by atoms with Gasteiger partial charge in [-0.25, -0.2) is 9.97 Å². The van der Waals surface area contributed by atoms with Gasteiger partial charge in [-0.2, -0.15) is 0 Å². The van der Waals surface area contributed by atoms with Crippen LogP contribution in [-0.2, 0) is 5.41 Å². The zero-order valence-electron chi connectivity index (χ0n) is 27.7. The van der Waals surface area contributed by atoms with E-state index < -0.39 is 0 Å². The van der Waals surface area contributed by atoms with Crippen molar-refractivity contribution in [2.75, 3.05) is 0 Å². The Morgan fingerprint density at radius 1 is 0.460 bits per heavy atom. The van der Waals surface area contributed by atoms with E-state index in [0.29, 0.717) is 0 Å². The zero-order chi connectivity index (χ0) is 33.1. The Balaban J connectivity index is 1.13. The second kappa shape index (κ2) is 9.87. The van der Waals surface area contributed by atoms with E-state index in [0.717, 1.165) is 55.5 Å². The Hall–Kier alpha value is -6.32. The molecule has 0 radical (unpaired) electrons. The minimum Gasteiger partial charge on any atom is -0.456 e. The molecule has 0 saturated heterocycles. The lowest BCUT2D eigenvalue weighted by Crippen LogP contribution is -2.14. The van der Waals surface area contributed by atoms with Gasteiger partial charge in [0.15, 0.2) is 0 Å². The highest BCUT2D eigenvalue weighted by molar-refractivity contribution is 6.23. The molecule has 2 heterocycles. The number of nitrogens with zero attached hydrogens (tertiary/aromatic N) is 2. The van der Waals surface area contributed by atoms with Gasteiger partial charge in [0, 0.05) is 27.3 Å². The van der Waals surface area contributed by atoms with Crippen LogP contribution in [0.5, 0.6) is 0 Å². The maximum atomic E-state index is 6.29. The molecular weight excluding hydrogens is 609 g/mol. The lowest BCUT2D eigenvalue weighted by Gasteiger charge is -2.21. The summed E-state index contributed by atoms with van der Waals surface area (Å²) in [4.78, 5) is 10.5. The maximum Gasteiger partial charge on any atom is 0.136 e. The molecule has 0 fully saturated rings. The van der Waals surface area contributed by atoms with Gasteiger partial charge in [-0.1, -0.05) is 123 Å². The van der Waals surface area contributed by atoms with E-state index in [4.69, 9.17) is 14.4 Å². The van der Waals surface area contributed by atoms with Crippen molar-refractivity contribution in [2.24, 2.45) is 0 Å². The SMILES string of the molecule is CC1(C)c2ccccc2-c2c1ccc1c2ccc2ccc3cc(-c4nc5ccccc5nc4-c4ccc5c(c4)oc4ccccc45)ccc3c21. The first kappa shape index (κ1) is 27.6. The second-order valence-corrected chi connectivity index (χ2v) is 14.1. The highest BCUT2D eigenvalue weighted by Crippen LogP contribution is 2.52. The summed E-state index contributed by atoms with van der Waals surface area (Å²) in [6.07, 6.45) is 0. The third-order valence-electron chi connectivity index (χ3n) is 11.0. The van der Waals surface area contributed by atoms with Gasteiger partial charge < -0.3 is 4.42 Å². The highest BCUT2D eigenvalue weighted by Gasteiger charge is 2.36. The summed E-state index contributed by atoms with van der Waals surface area (Å²) in [5, 5.41) is 9.77. The average Bonchev–Trinajstić information content (AvgIpc) is 3.65. The monoisotopic (exact) mass is 638 g/mol. The Morgan fingerprint density at radius 2 is 1.08 bits per heavy atom. The number of benzene rings is 8. The van der Waals surface area contributed by atoms with Crippen molar-refractivity contribution in [1.29, 1.82) is 0 Å². The summed E-state index contributed by atoms with van der Waals surface area (Å²) in [6.45, 7) is 4.69. The molecule has 3 heteroatoms. The molecule has 50 heavy (non-hydrogen) atoms. The molecule has 0 unspecified atom stereocenters. The van der Waals surface area contributed by atoms with Crippen molar-refractivity contribution in [3.63, 3.8) is 0 Å². The van der Waals surface area contributed by atoms with Crippen LogP contribution in [0, 0.1) is 0 Å². The first-order valence-corrected chi connectivity index (χ1v) is 17.2. The molecule has 1 aliphatic rings. The molecule has 234 valence electrons. The molecule has 0 saturated carbocycles. The molecule has 0 N–H and O–H groups in total. The van der Waals surface area contributed by atoms with E-state index >= 15 is 0 Å². The maximum absolute atomic E-state index is 6.29. The second-order valence-electron chi connectivity index (χ2n) is 14.1. The molecule has 3 nitrogen and oxygen atoms in total. The number of aromatic nitrogens is 2. The predicted octanol–water partition coefficient (Wildman–Crippen LogP) is 12.6. The van der Waals surface area contributed by atoms with Crippen molar-refractivity contribution in [2.45, 2.75) is 19.3 Å². The summed E-state index contributed by atoms with van der Waals surface area (Å²) < 4.78 is 6.29. The van der Waals surface area contributed by atoms with Crippen molar-refractivity contribution in [3.05, 3.63) is 157 Å². The lowest BCUT2D eigenvalue weighted by atomic mass is 9.82. The standard InChI is InChI=1S/C47H30N2O/c1-47(2)37-11-5-3-10-36(37)44-35-22-17-27-15-16-28-25-29(18-20-31(28)43(27)34(35)23-24-38(44)47)45-46(49-40-13-7-6-12-39(40)48-45)30-19-21-33-32-9-4-8-14-41(32)50-42(33)26-30/h3-26H,1-2H3. The summed E-state index contributed by atoms with van der Waals surface area (Å²) in [6, 6.07) is 52.2. The normalized spacial score (nSPS) is 13.6. The number of fused-ring (bicyclic) bond motifs is 13. The molecule has 0 bridgehead atoms. The van der Waals surface area contributed by atoms with E-state index in [1.165, 1.54) is 54.6 Å². The van der Waals surface area contributed by atoms with Gasteiger partial charge in [0.25, 0.3) is 0 Å². The molecule has 0 amide bonds. The van der Waals surface area contributed by atoms with E-state index in [9.17, 15) is 0 Å². The summed E-state index contributed by atoms with van der Waals surface area (Å²) in [5.41, 5.74) is 12.7. The smallest absolute Gasteiger partial charge is 0.136 e. The predicted molar refractivity (Wildman–Crippen MR) is 208 cm³/mol. The molecule has 11 rings (SSSR count). The molecule has 0 atom stereocenters. The third-order valence-corrected chi connectivity index (χ3v) is 11.0. The fourth-order valence-electron chi connectivity index (χ4n) is 8.60. The van der Waals surface area contributed by atoms with Crippen molar-refractivity contribution < 1.29 is 4.42 Å². The van der Waals surface area contributed by atoms with Gasteiger partial charge in [0.2, 0.25) is 0 Å². The van der Waals surface area contributed by atoms with Gasteiger partial charge in [-0.05, 0) is 91.0 Å². The fourth-order valence-corrected chi connectivity index (χ4v) is 8.60. The quantitative estimate of drug-likeness (QED) is 0.177. The Morgan fingerprint density at radius 3 is 1.92 bits per heavy atom. The molecule has 10 aromatic rings. The summed E-state index contributed by atoms with van der Waals surface area (Å²) >= 11 is 0. The number of hydrogen-bond acceptors (Lipinski definition) is 3. The van der Waals surface area contributed by atoms with Gasteiger partial charge in [-0.3, -0.25) is 0 Å². The van der Waals surface area contributed by atoms with Crippen LogP contribution in [0.3, 0.4) is 0 Å². The summed E-state index contributed by atoms with van der Waals surface area (Å²) in [7, 11) is 0. The highest BCUT2D eigenvalue weighted by atomic mass is 16.3. The van der Waals surface area contributed by atoms with Gasteiger partial charge in [0.1, 0.15) is 11.2 Å². The van der Waals surface area contributed by atoms with Crippen molar-refractivity contribution in [3.8, 4) is 33.6 Å². The topological polar surface area (TPSA) is 38.9 Å². The van der Waals surface area contributed by atoms with Gasteiger partial charge in [-0.15, -0.1) is 0 Å². The fraction of sp³-hybridized carbons (Fsp3) is 0.0638. The van der Waals surface area contributed by atoms with E-state index in [-0.39, 0.29) is 5.41 Å². The number of hydrogen-bond donors (Lipinski definition) is 0. The van der Waals surface area contributed by atoms with Crippen LogP contribution in [0.25, 0.3) is 98.9 Å². The van der Waals surface area contributed by atoms with Crippen LogP contribution in [0.4, 0.5) is 0 Å². The van der Waals surface area contributed by atoms with Crippen LogP contribution in [0.1, 0.15) is 25.0 Å². The Bertz CT molecular complexity index is 3080. The average molecular weight is 639 g/mol. The minimum atomic E-state index is -0.0315. The van der Waals surface area contributed by atoms with Crippen molar-refractivity contribution >= 4 is 65.3 Å². The minimum absolute atomic E-state index is 0.0315. The van der Waals surface area contributed by atoms with Crippen LogP contribution < -0.4 is 0 Å². The van der Waals surface area contributed by atoms with Crippen molar-refractivity contribution in [1.82, 2.24) is 9.97 Å². The van der Waals surface area contributed by atoms with Gasteiger partial charge in [0.05, 0.1) is 22.4 Å². The van der Waals surface area contributed by atoms with E-state index in [1.807, 2.05) is 36.4 Å². The lowest BCUT2D eigenvalue weighted by molar-refractivity contribution is 0.661. The molecule has 2 aromatic heterocycles. The Labute approximate surface area is 288 Å². The number of rotatable bonds is 2. The largest absolute Gasteiger partial charge is 0.456 e. The van der Waals surface area contributed by atoms with Crippen LogP contribution in [0.15, 0.2) is 150 Å². The Kier molecular flexibility index (Phi) is 5.45. The van der Waals surface area contributed by atoms with Crippen LogP contribution >= 0.6 is 0 Å². The van der Waals surface area contributed by atoms with Crippen LogP contribution in [-0.4, -0.2) is 9.97 Å². The molecule has 0 aliphatic heterocycles. The zero-order valence-corrected chi connectivity index (χ0v) is 27.7. The molecule has 1 aliphatic carbocycles. The molecular formula is C47H30N2O. The first-order chi connectivity index (χ1) is 24.5. The summed E-state index contributed by atoms with van der Waals surface area (Å²) in [5.74, 6) is 0. The van der Waals surface area contributed by atoms with Crippen LogP contribution in [0.2, 0.25) is 0 Å². The molecule has 8 aromatic carbocycles.